The average molecular weight is 562 g/mol. The summed E-state index contributed by atoms with van der Waals surface area (Å²) in [5, 5.41) is 2.32. The van der Waals surface area contributed by atoms with E-state index in [0.29, 0.717) is 0 Å². The molecular formula is C38H31N3O2. The Morgan fingerprint density at radius 2 is 0.744 bits per heavy atom. The Labute approximate surface area is 251 Å². The Morgan fingerprint density at radius 3 is 1.12 bits per heavy atom. The number of ether oxygens (including phenoxy) is 2. The molecule has 0 aliphatic rings. The fourth-order valence-electron chi connectivity index (χ4n) is 5.66. The quantitative estimate of drug-likeness (QED) is 0.200. The lowest BCUT2D eigenvalue weighted by Crippen LogP contribution is -2.10. The van der Waals surface area contributed by atoms with Gasteiger partial charge in [0, 0.05) is 55.9 Å². The summed E-state index contributed by atoms with van der Waals surface area (Å²) in [5.74, 6) is 1.66. The number of fused-ring (bicyclic) bond motifs is 3. The fourth-order valence-corrected chi connectivity index (χ4v) is 5.66. The molecule has 5 nitrogen and oxygen atoms in total. The fraction of sp³-hybridized carbons (Fsp3) is 0.0526. The van der Waals surface area contributed by atoms with Crippen LogP contribution in [0.2, 0.25) is 0 Å². The molecule has 0 saturated carbocycles. The Bertz CT molecular complexity index is 1840. The van der Waals surface area contributed by atoms with E-state index in [2.05, 4.69) is 124 Å². The molecule has 0 fully saturated rings. The standard InChI is InChI=1S/C38H31N3O2/c1-42-33-19-13-29(14-20-33)40(27-9-5-3-6-10-27)31-17-23-37-35(25-31)36-26-32(18-24-38(36)39-37)41(28-11-7-4-8-12-28)30-15-21-34(43-2)22-16-30/h3-26,39H,1-2H3. The van der Waals surface area contributed by atoms with E-state index in [1.54, 1.807) is 14.2 Å². The van der Waals surface area contributed by atoms with E-state index in [-0.39, 0.29) is 0 Å². The highest BCUT2D eigenvalue weighted by Gasteiger charge is 2.17. The lowest BCUT2D eigenvalue weighted by Gasteiger charge is -2.26. The van der Waals surface area contributed by atoms with Crippen molar-refractivity contribution in [3.8, 4) is 11.5 Å². The predicted molar refractivity (Wildman–Crippen MR) is 178 cm³/mol. The number of nitrogens with one attached hydrogen (secondary N) is 1. The number of H-pyrrole nitrogens is 1. The molecule has 0 bridgehead atoms. The molecule has 0 radical (unpaired) electrons. The van der Waals surface area contributed by atoms with Crippen LogP contribution in [0.4, 0.5) is 34.1 Å². The van der Waals surface area contributed by atoms with Crippen molar-refractivity contribution in [1.82, 2.24) is 4.98 Å². The van der Waals surface area contributed by atoms with Crippen LogP contribution in [0.5, 0.6) is 11.5 Å². The third-order valence-corrected chi connectivity index (χ3v) is 7.77. The Balaban J connectivity index is 1.38. The van der Waals surface area contributed by atoms with Gasteiger partial charge in [-0.2, -0.15) is 0 Å². The molecule has 7 aromatic rings. The molecular weight excluding hydrogens is 530 g/mol. The molecule has 0 aliphatic heterocycles. The molecule has 0 unspecified atom stereocenters. The number of aromatic nitrogens is 1. The second-order valence-corrected chi connectivity index (χ2v) is 10.3. The van der Waals surface area contributed by atoms with E-state index < -0.39 is 0 Å². The van der Waals surface area contributed by atoms with Crippen LogP contribution in [0.15, 0.2) is 146 Å². The van der Waals surface area contributed by atoms with Crippen LogP contribution in [0.1, 0.15) is 0 Å². The van der Waals surface area contributed by atoms with Gasteiger partial charge in [0.2, 0.25) is 0 Å². The highest BCUT2D eigenvalue weighted by Crippen LogP contribution is 2.41. The van der Waals surface area contributed by atoms with Crippen molar-refractivity contribution in [3.63, 3.8) is 0 Å². The lowest BCUT2D eigenvalue weighted by molar-refractivity contribution is 0.414. The summed E-state index contributed by atoms with van der Waals surface area (Å²) in [4.78, 5) is 8.18. The van der Waals surface area contributed by atoms with Gasteiger partial charge < -0.3 is 24.3 Å². The van der Waals surface area contributed by atoms with Gasteiger partial charge in [-0.3, -0.25) is 0 Å². The van der Waals surface area contributed by atoms with E-state index in [0.717, 1.165) is 67.4 Å². The van der Waals surface area contributed by atoms with E-state index in [4.69, 9.17) is 9.47 Å². The number of methoxy groups -OCH3 is 2. The summed E-state index contributed by atoms with van der Waals surface area (Å²) in [6.07, 6.45) is 0. The third-order valence-electron chi connectivity index (χ3n) is 7.77. The van der Waals surface area contributed by atoms with Crippen molar-refractivity contribution in [2.45, 2.75) is 0 Å². The molecule has 0 aliphatic carbocycles. The normalized spacial score (nSPS) is 11.0. The number of benzene rings is 6. The van der Waals surface area contributed by atoms with Gasteiger partial charge in [-0.25, -0.2) is 0 Å². The number of nitrogens with zero attached hydrogens (tertiary/aromatic N) is 2. The number of aromatic amines is 1. The topological polar surface area (TPSA) is 40.7 Å². The summed E-state index contributed by atoms with van der Waals surface area (Å²) in [5.41, 5.74) is 8.62. The van der Waals surface area contributed by atoms with Crippen LogP contribution in [-0.2, 0) is 0 Å². The van der Waals surface area contributed by atoms with Gasteiger partial charge in [0.15, 0.2) is 0 Å². The molecule has 6 aromatic carbocycles. The van der Waals surface area contributed by atoms with Crippen molar-refractivity contribution in [3.05, 3.63) is 146 Å². The minimum Gasteiger partial charge on any atom is -0.497 e. The average Bonchev–Trinajstić information content (AvgIpc) is 3.44. The maximum atomic E-state index is 5.43. The number of anilines is 6. The largest absolute Gasteiger partial charge is 0.497 e. The Morgan fingerprint density at radius 1 is 0.395 bits per heavy atom. The summed E-state index contributed by atoms with van der Waals surface area (Å²) < 4.78 is 10.9. The van der Waals surface area contributed by atoms with Gasteiger partial charge in [-0.15, -0.1) is 0 Å². The summed E-state index contributed by atoms with van der Waals surface area (Å²) in [6.45, 7) is 0. The smallest absolute Gasteiger partial charge is 0.119 e. The molecule has 0 amide bonds. The summed E-state index contributed by atoms with van der Waals surface area (Å²) in [6, 6.07) is 50.5. The second kappa shape index (κ2) is 11.3. The van der Waals surface area contributed by atoms with Crippen LogP contribution in [0.3, 0.4) is 0 Å². The van der Waals surface area contributed by atoms with E-state index in [1.165, 1.54) is 0 Å². The van der Waals surface area contributed by atoms with Crippen molar-refractivity contribution in [1.29, 1.82) is 0 Å². The van der Waals surface area contributed by atoms with Gasteiger partial charge in [0.05, 0.1) is 14.2 Å². The van der Waals surface area contributed by atoms with Crippen LogP contribution in [0, 0.1) is 0 Å². The van der Waals surface area contributed by atoms with Crippen molar-refractivity contribution in [2.75, 3.05) is 24.0 Å². The van der Waals surface area contributed by atoms with Crippen LogP contribution >= 0.6 is 0 Å². The van der Waals surface area contributed by atoms with Crippen LogP contribution in [-0.4, -0.2) is 19.2 Å². The zero-order valence-electron chi connectivity index (χ0n) is 24.1. The van der Waals surface area contributed by atoms with Gasteiger partial charge in [-0.1, -0.05) is 36.4 Å². The van der Waals surface area contributed by atoms with Gasteiger partial charge in [0.25, 0.3) is 0 Å². The minimum absolute atomic E-state index is 0.830. The molecule has 1 aromatic heterocycles. The number of hydrogen-bond donors (Lipinski definition) is 1. The molecule has 43 heavy (non-hydrogen) atoms. The number of hydrogen-bond acceptors (Lipinski definition) is 4. The van der Waals surface area contributed by atoms with Crippen molar-refractivity contribution < 1.29 is 9.47 Å². The molecule has 7 rings (SSSR count). The molecule has 0 atom stereocenters. The second-order valence-electron chi connectivity index (χ2n) is 10.3. The first-order valence-electron chi connectivity index (χ1n) is 14.3. The maximum absolute atomic E-state index is 5.43. The van der Waals surface area contributed by atoms with Crippen LogP contribution in [0.25, 0.3) is 21.8 Å². The number of para-hydroxylation sites is 2. The lowest BCUT2D eigenvalue weighted by atomic mass is 10.1. The van der Waals surface area contributed by atoms with E-state index in [9.17, 15) is 0 Å². The monoisotopic (exact) mass is 561 g/mol. The zero-order chi connectivity index (χ0) is 29.2. The molecule has 210 valence electrons. The van der Waals surface area contributed by atoms with Crippen LogP contribution < -0.4 is 19.3 Å². The maximum Gasteiger partial charge on any atom is 0.119 e. The van der Waals surface area contributed by atoms with E-state index in [1.807, 2.05) is 36.4 Å². The first-order valence-corrected chi connectivity index (χ1v) is 14.3. The van der Waals surface area contributed by atoms with E-state index >= 15 is 0 Å². The highest BCUT2D eigenvalue weighted by molar-refractivity contribution is 6.10. The molecule has 1 heterocycles. The summed E-state index contributed by atoms with van der Waals surface area (Å²) in [7, 11) is 3.38. The number of rotatable bonds is 8. The van der Waals surface area contributed by atoms with Gasteiger partial charge in [-0.05, 0) is 109 Å². The zero-order valence-corrected chi connectivity index (χ0v) is 24.1. The molecule has 1 N–H and O–H groups in total. The SMILES string of the molecule is COc1ccc(N(c2ccccc2)c2ccc3[nH]c4ccc(N(c5ccccc5)c5ccc(OC)cc5)cc4c3c2)cc1. The summed E-state index contributed by atoms with van der Waals surface area (Å²) >= 11 is 0. The molecule has 0 spiro atoms. The minimum atomic E-state index is 0.830. The van der Waals surface area contributed by atoms with Gasteiger partial charge in [0.1, 0.15) is 11.5 Å². The van der Waals surface area contributed by atoms with Crippen molar-refractivity contribution >= 4 is 55.9 Å². The Kier molecular flexibility index (Phi) is 6.89. The third kappa shape index (κ3) is 5.02. The highest BCUT2D eigenvalue weighted by atomic mass is 16.5. The molecule has 0 saturated heterocycles. The first-order chi connectivity index (χ1) is 21.2. The molecule has 5 heteroatoms. The predicted octanol–water partition coefficient (Wildman–Crippen LogP) is 10.3. The first kappa shape index (κ1) is 26.2. The van der Waals surface area contributed by atoms with Gasteiger partial charge >= 0.3 is 0 Å². The Hall–Kier alpha value is -5.68. The van der Waals surface area contributed by atoms with Crippen molar-refractivity contribution in [2.24, 2.45) is 0 Å².